The van der Waals surface area contributed by atoms with Crippen LogP contribution in [0.3, 0.4) is 0 Å². The van der Waals surface area contributed by atoms with E-state index in [9.17, 15) is 4.79 Å². The lowest BCUT2D eigenvalue weighted by Gasteiger charge is -2.25. The van der Waals surface area contributed by atoms with Crippen LogP contribution in [0.25, 0.3) is 0 Å². The minimum absolute atomic E-state index is 0.00550. The van der Waals surface area contributed by atoms with Crippen molar-refractivity contribution >= 4 is 5.91 Å². The molecule has 4 nitrogen and oxygen atoms in total. The number of nitrogens with one attached hydrogen (secondary N) is 1. The summed E-state index contributed by atoms with van der Waals surface area (Å²) in [5.41, 5.74) is 6.18. The van der Waals surface area contributed by atoms with Crippen molar-refractivity contribution in [3.8, 4) is 0 Å². The van der Waals surface area contributed by atoms with Crippen LogP contribution in [0.1, 0.15) is 46.5 Å². The van der Waals surface area contributed by atoms with Crippen molar-refractivity contribution in [2.45, 2.75) is 58.6 Å². The van der Waals surface area contributed by atoms with E-state index in [0.29, 0.717) is 13.2 Å². The molecule has 17 heavy (non-hydrogen) atoms. The van der Waals surface area contributed by atoms with Crippen LogP contribution >= 0.6 is 0 Å². The topological polar surface area (TPSA) is 64.3 Å². The first kappa shape index (κ1) is 14.5. The van der Waals surface area contributed by atoms with Gasteiger partial charge in [0.25, 0.3) is 0 Å². The lowest BCUT2D eigenvalue weighted by molar-refractivity contribution is -0.135. The second kappa shape index (κ2) is 6.36. The molecule has 100 valence electrons. The van der Waals surface area contributed by atoms with E-state index in [1.807, 2.05) is 0 Å². The Morgan fingerprint density at radius 3 is 2.71 bits per heavy atom. The Hall–Kier alpha value is -0.610. The van der Waals surface area contributed by atoms with Gasteiger partial charge in [-0.1, -0.05) is 20.8 Å². The van der Waals surface area contributed by atoms with E-state index in [0.717, 1.165) is 25.7 Å². The summed E-state index contributed by atoms with van der Waals surface area (Å²) in [5.74, 6) is -0.00550. The molecule has 0 aromatic rings. The van der Waals surface area contributed by atoms with Crippen molar-refractivity contribution in [1.82, 2.24) is 5.32 Å². The summed E-state index contributed by atoms with van der Waals surface area (Å²) in [7, 11) is 0. The summed E-state index contributed by atoms with van der Waals surface area (Å²) in [6.07, 6.45) is 3.61. The smallest absolute Gasteiger partial charge is 0.249 e. The maximum Gasteiger partial charge on any atom is 0.249 e. The molecule has 2 unspecified atom stereocenters. The minimum atomic E-state index is -0.259. The molecule has 1 amide bonds. The highest BCUT2D eigenvalue weighted by Crippen LogP contribution is 2.19. The van der Waals surface area contributed by atoms with Gasteiger partial charge in [-0.15, -0.1) is 0 Å². The number of ether oxygens (including phenoxy) is 1. The van der Waals surface area contributed by atoms with Gasteiger partial charge in [0, 0.05) is 19.2 Å². The average Bonchev–Trinajstić information content (AvgIpc) is 2.25. The maximum atomic E-state index is 11.8. The number of amides is 1. The molecule has 4 heteroatoms. The molecule has 1 rings (SSSR count). The monoisotopic (exact) mass is 242 g/mol. The fourth-order valence-electron chi connectivity index (χ4n) is 2.15. The zero-order chi connectivity index (χ0) is 12.9. The van der Waals surface area contributed by atoms with Crippen LogP contribution in [0.2, 0.25) is 0 Å². The summed E-state index contributed by atoms with van der Waals surface area (Å²) in [5, 5.41) is 2.89. The molecule has 0 radical (unpaired) electrons. The standard InChI is InChI=1S/C13H26N2O2/c1-13(2,3)8-10(14)9-15-12(16)11-6-4-5-7-17-11/h10-11H,4-9,14H2,1-3H3,(H,15,16). The fourth-order valence-corrected chi connectivity index (χ4v) is 2.15. The Morgan fingerprint density at radius 2 is 2.18 bits per heavy atom. The number of hydrogen-bond donors (Lipinski definition) is 2. The number of nitrogens with two attached hydrogens (primary N) is 1. The van der Waals surface area contributed by atoms with E-state index in [2.05, 4.69) is 26.1 Å². The lowest BCUT2D eigenvalue weighted by atomic mass is 9.88. The van der Waals surface area contributed by atoms with E-state index in [1.165, 1.54) is 0 Å². The Balaban J connectivity index is 2.22. The van der Waals surface area contributed by atoms with Crippen molar-refractivity contribution < 1.29 is 9.53 Å². The van der Waals surface area contributed by atoms with Gasteiger partial charge in [0.2, 0.25) is 5.91 Å². The molecule has 1 heterocycles. The van der Waals surface area contributed by atoms with Crippen LogP contribution in [-0.2, 0) is 9.53 Å². The van der Waals surface area contributed by atoms with Gasteiger partial charge in [-0.3, -0.25) is 4.79 Å². The molecule has 1 fully saturated rings. The number of carbonyl (C=O) groups is 1. The summed E-state index contributed by atoms with van der Waals surface area (Å²) >= 11 is 0. The maximum absolute atomic E-state index is 11.8. The highest BCUT2D eigenvalue weighted by atomic mass is 16.5. The quantitative estimate of drug-likeness (QED) is 0.784. The number of rotatable bonds is 4. The molecular weight excluding hydrogens is 216 g/mol. The van der Waals surface area contributed by atoms with E-state index >= 15 is 0 Å². The van der Waals surface area contributed by atoms with Crippen molar-refractivity contribution in [2.24, 2.45) is 11.1 Å². The molecule has 0 spiro atoms. The van der Waals surface area contributed by atoms with Gasteiger partial charge in [0.05, 0.1) is 0 Å². The predicted molar refractivity (Wildman–Crippen MR) is 68.6 cm³/mol. The highest BCUT2D eigenvalue weighted by molar-refractivity contribution is 5.80. The molecule has 0 aliphatic carbocycles. The van der Waals surface area contributed by atoms with Crippen molar-refractivity contribution in [3.63, 3.8) is 0 Å². The zero-order valence-corrected chi connectivity index (χ0v) is 11.3. The van der Waals surface area contributed by atoms with Gasteiger partial charge < -0.3 is 15.8 Å². The zero-order valence-electron chi connectivity index (χ0n) is 11.3. The lowest BCUT2D eigenvalue weighted by Crippen LogP contribution is -2.44. The Morgan fingerprint density at radius 1 is 1.47 bits per heavy atom. The van der Waals surface area contributed by atoms with E-state index < -0.39 is 0 Å². The van der Waals surface area contributed by atoms with Crippen LogP contribution in [0.15, 0.2) is 0 Å². The van der Waals surface area contributed by atoms with Crippen molar-refractivity contribution in [2.75, 3.05) is 13.2 Å². The molecule has 0 aromatic carbocycles. The minimum Gasteiger partial charge on any atom is -0.368 e. The van der Waals surface area contributed by atoms with E-state index in [1.54, 1.807) is 0 Å². The Kier molecular flexibility index (Phi) is 5.40. The first-order valence-electron chi connectivity index (χ1n) is 6.53. The first-order chi connectivity index (χ1) is 7.88. The average molecular weight is 242 g/mol. The third-order valence-electron chi connectivity index (χ3n) is 2.89. The van der Waals surface area contributed by atoms with Gasteiger partial charge in [-0.2, -0.15) is 0 Å². The van der Waals surface area contributed by atoms with E-state index in [-0.39, 0.29) is 23.5 Å². The number of carbonyl (C=O) groups excluding carboxylic acids is 1. The number of hydrogen-bond acceptors (Lipinski definition) is 3. The molecule has 0 bridgehead atoms. The normalized spacial score (nSPS) is 23.2. The molecule has 3 N–H and O–H groups in total. The van der Waals surface area contributed by atoms with E-state index in [4.69, 9.17) is 10.5 Å². The second-order valence-electron chi connectivity index (χ2n) is 6.13. The summed E-state index contributed by atoms with van der Waals surface area (Å²) in [4.78, 5) is 11.8. The molecule has 0 aromatic heterocycles. The van der Waals surface area contributed by atoms with Crippen molar-refractivity contribution in [1.29, 1.82) is 0 Å². The Bertz CT molecular complexity index is 242. The van der Waals surface area contributed by atoms with Crippen molar-refractivity contribution in [3.05, 3.63) is 0 Å². The third-order valence-corrected chi connectivity index (χ3v) is 2.89. The summed E-state index contributed by atoms with van der Waals surface area (Å²) in [6.45, 7) is 7.69. The van der Waals surface area contributed by atoms with Gasteiger partial charge in [-0.05, 0) is 31.1 Å². The van der Waals surface area contributed by atoms with Crippen LogP contribution in [0.5, 0.6) is 0 Å². The largest absolute Gasteiger partial charge is 0.368 e. The fraction of sp³-hybridized carbons (Fsp3) is 0.923. The molecule has 1 aliphatic heterocycles. The molecule has 0 saturated carbocycles. The van der Waals surface area contributed by atoms with Crippen LogP contribution in [0.4, 0.5) is 0 Å². The summed E-state index contributed by atoms with van der Waals surface area (Å²) in [6, 6.07) is 0.0162. The first-order valence-corrected chi connectivity index (χ1v) is 6.53. The Labute approximate surface area is 104 Å². The van der Waals surface area contributed by atoms with Crippen LogP contribution in [-0.4, -0.2) is 31.2 Å². The van der Waals surface area contributed by atoms with Gasteiger partial charge in [-0.25, -0.2) is 0 Å². The van der Waals surface area contributed by atoms with Gasteiger partial charge in [0.1, 0.15) is 6.10 Å². The molecule has 1 aliphatic rings. The SMILES string of the molecule is CC(C)(C)CC(N)CNC(=O)C1CCCCO1. The second-order valence-corrected chi connectivity index (χ2v) is 6.13. The molecule has 2 atom stereocenters. The third kappa shape index (κ3) is 6.03. The van der Waals surface area contributed by atoms with Crippen LogP contribution in [0, 0.1) is 5.41 Å². The highest BCUT2D eigenvalue weighted by Gasteiger charge is 2.22. The predicted octanol–water partition coefficient (Wildman–Crippen LogP) is 1.44. The summed E-state index contributed by atoms with van der Waals surface area (Å²) < 4.78 is 5.42. The van der Waals surface area contributed by atoms with Crippen LogP contribution < -0.4 is 11.1 Å². The van der Waals surface area contributed by atoms with Gasteiger partial charge >= 0.3 is 0 Å². The van der Waals surface area contributed by atoms with Gasteiger partial charge in [0.15, 0.2) is 0 Å². The molecular formula is C13H26N2O2. The molecule has 1 saturated heterocycles.